The van der Waals surface area contributed by atoms with Gasteiger partial charge in [-0.2, -0.15) is 0 Å². The van der Waals surface area contributed by atoms with Crippen LogP contribution in [0.4, 0.5) is 5.69 Å². The molecule has 0 saturated carbocycles. The maximum absolute atomic E-state index is 12.5. The minimum atomic E-state index is 0.0535. The van der Waals surface area contributed by atoms with Gasteiger partial charge in [-0.05, 0) is 31.2 Å². The number of carbonyl (C=O) groups is 1. The number of aryl methyl sites for hydroxylation is 1. The Morgan fingerprint density at radius 2 is 2.04 bits per heavy atom. The Bertz CT molecular complexity index is 709. The normalized spacial score (nSPS) is 14.3. The number of anilines is 1. The summed E-state index contributed by atoms with van der Waals surface area (Å²) in [5.74, 6) is 0.865. The van der Waals surface area contributed by atoms with Gasteiger partial charge in [0.05, 0.1) is 13.1 Å². The number of pyridine rings is 1. The Morgan fingerprint density at radius 1 is 1.26 bits per heavy atom. The van der Waals surface area contributed by atoms with Crippen LogP contribution >= 0.6 is 0 Å². The zero-order valence-electron chi connectivity index (χ0n) is 13.7. The standard InChI is InChI=1S/C18H21N3O2/c1-13-9-16(7-8-19-13)23-17-11-21(12-17)18(22)14-5-4-6-15(10-14)20(2)3/h4-10,17H,11-12H2,1-3H3. The van der Waals surface area contributed by atoms with E-state index in [9.17, 15) is 4.79 Å². The quantitative estimate of drug-likeness (QED) is 0.869. The third kappa shape index (κ3) is 3.44. The molecule has 0 atom stereocenters. The Labute approximate surface area is 136 Å². The number of benzene rings is 1. The van der Waals surface area contributed by atoms with E-state index in [1.165, 1.54) is 0 Å². The molecule has 1 aliphatic rings. The number of hydrogen-bond acceptors (Lipinski definition) is 4. The van der Waals surface area contributed by atoms with Crippen molar-refractivity contribution in [3.63, 3.8) is 0 Å². The van der Waals surface area contributed by atoms with Gasteiger partial charge in [0.15, 0.2) is 0 Å². The number of rotatable bonds is 4. The van der Waals surface area contributed by atoms with E-state index >= 15 is 0 Å². The second-order valence-corrected chi connectivity index (χ2v) is 6.03. The first-order chi connectivity index (χ1) is 11.0. The molecule has 1 aromatic heterocycles. The molecule has 2 heterocycles. The summed E-state index contributed by atoms with van der Waals surface area (Å²) in [4.78, 5) is 20.4. The highest BCUT2D eigenvalue weighted by molar-refractivity contribution is 5.95. The molecule has 120 valence electrons. The molecule has 1 fully saturated rings. The fourth-order valence-electron chi connectivity index (χ4n) is 2.56. The molecule has 5 heteroatoms. The molecule has 1 amide bonds. The van der Waals surface area contributed by atoms with Crippen LogP contribution in [-0.4, -0.2) is 49.1 Å². The van der Waals surface area contributed by atoms with Gasteiger partial charge in [-0.1, -0.05) is 6.07 Å². The van der Waals surface area contributed by atoms with Gasteiger partial charge in [-0.15, -0.1) is 0 Å². The molecule has 2 aromatic rings. The summed E-state index contributed by atoms with van der Waals surface area (Å²) in [6.45, 7) is 3.17. The van der Waals surface area contributed by atoms with Gasteiger partial charge in [0.2, 0.25) is 0 Å². The smallest absolute Gasteiger partial charge is 0.254 e. The monoisotopic (exact) mass is 311 g/mol. The number of amides is 1. The van der Waals surface area contributed by atoms with Crippen LogP contribution in [-0.2, 0) is 0 Å². The lowest BCUT2D eigenvalue weighted by Gasteiger charge is -2.39. The highest BCUT2D eigenvalue weighted by atomic mass is 16.5. The minimum absolute atomic E-state index is 0.0535. The molecular weight excluding hydrogens is 290 g/mol. The molecule has 23 heavy (non-hydrogen) atoms. The van der Waals surface area contributed by atoms with E-state index in [4.69, 9.17) is 4.74 Å². The first-order valence-corrected chi connectivity index (χ1v) is 7.69. The van der Waals surface area contributed by atoms with Crippen LogP contribution in [0.1, 0.15) is 16.1 Å². The lowest BCUT2D eigenvalue weighted by Crippen LogP contribution is -2.56. The predicted octanol–water partition coefficient (Wildman–Crippen LogP) is 2.36. The van der Waals surface area contributed by atoms with E-state index in [-0.39, 0.29) is 12.0 Å². The largest absolute Gasteiger partial charge is 0.487 e. The van der Waals surface area contributed by atoms with E-state index < -0.39 is 0 Å². The number of hydrogen-bond donors (Lipinski definition) is 0. The summed E-state index contributed by atoms with van der Waals surface area (Å²) in [7, 11) is 3.93. The molecule has 5 nitrogen and oxygen atoms in total. The SMILES string of the molecule is Cc1cc(OC2CN(C(=O)c3cccc(N(C)C)c3)C2)ccn1. The van der Waals surface area contributed by atoms with Crippen molar-refractivity contribution in [1.29, 1.82) is 0 Å². The van der Waals surface area contributed by atoms with Crippen molar-refractivity contribution in [3.05, 3.63) is 53.9 Å². The third-order valence-electron chi connectivity index (χ3n) is 3.92. The Balaban J connectivity index is 1.58. The van der Waals surface area contributed by atoms with Gasteiger partial charge in [0.25, 0.3) is 5.91 Å². The zero-order chi connectivity index (χ0) is 16.4. The van der Waals surface area contributed by atoms with Crippen molar-refractivity contribution in [3.8, 4) is 5.75 Å². The average Bonchev–Trinajstić information content (AvgIpc) is 2.50. The first kappa shape index (κ1) is 15.3. The minimum Gasteiger partial charge on any atom is -0.487 e. The summed E-state index contributed by atoms with van der Waals surface area (Å²) in [6.07, 6.45) is 1.79. The predicted molar refractivity (Wildman–Crippen MR) is 90.1 cm³/mol. The van der Waals surface area contributed by atoms with E-state index in [1.54, 1.807) is 6.20 Å². The summed E-state index contributed by atoms with van der Waals surface area (Å²) >= 11 is 0. The second-order valence-electron chi connectivity index (χ2n) is 6.03. The molecule has 0 bridgehead atoms. The zero-order valence-corrected chi connectivity index (χ0v) is 13.7. The molecule has 1 aromatic carbocycles. The topological polar surface area (TPSA) is 45.7 Å². The number of ether oxygens (including phenoxy) is 1. The number of aromatic nitrogens is 1. The van der Waals surface area contributed by atoms with Crippen molar-refractivity contribution >= 4 is 11.6 Å². The Kier molecular flexibility index (Phi) is 4.19. The molecule has 0 spiro atoms. The number of carbonyl (C=O) groups excluding carboxylic acids is 1. The van der Waals surface area contributed by atoms with Gasteiger partial charge in [-0.3, -0.25) is 9.78 Å². The maximum atomic E-state index is 12.5. The van der Waals surface area contributed by atoms with E-state index in [2.05, 4.69) is 4.98 Å². The van der Waals surface area contributed by atoms with Crippen molar-refractivity contribution in [2.75, 3.05) is 32.1 Å². The first-order valence-electron chi connectivity index (χ1n) is 7.69. The van der Waals surface area contributed by atoms with Crippen LogP contribution in [0.15, 0.2) is 42.6 Å². The van der Waals surface area contributed by atoms with Crippen LogP contribution in [0.5, 0.6) is 5.75 Å². The van der Waals surface area contributed by atoms with Gasteiger partial charge < -0.3 is 14.5 Å². The van der Waals surface area contributed by atoms with Gasteiger partial charge in [0.1, 0.15) is 11.9 Å². The van der Waals surface area contributed by atoms with Crippen molar-refractivity contribution in [2.45, 2.75) is 13.0 Å². The average molecular weight is 311 g/mol. The highest BCUT2D eigenvalue weighted by Crippen LogP contribution is 2.21. The van der Waals surface area contributed by atoms with Crippen molar-refractivity contribution < 1.29 is 9.53 Å². The van der Waals surface area contributed by atoms with Crippen molar-refractivity contribution in [2.24, 2.45) is 0 Å². The van der Waals surface area contributed by atoms with E-state index in [0.29, 0.717) is 13.1 Å². The molecule has 0 aliphatic carbocycles. The maximum Gasteiger partial charge on any atom is 0.254 e. The third-order valence-corrected chi connectivity index (χ3v) is 3.92. The van der Waals surface area contributed by atoms with Gasteiger partial charge in [-0.25, -0.2) is 0 Å². The van der Waals surface area contributed by atoms with Crippen LogP contribution in [0.25, 0.3) is 0 Å². The highest BCUT2D eigenvalue weighted by Gasteiger charge is 2.32. The van der Waals surface area contributed by atoms with Crippen LogP contribution in [0.2, 0.25) is 0 Å². The Morgan fingerprint density at radius 3 is 2.74 bits per heavy atom. The van der Waals surface area contributed by atoms with Crippen LogP contribution in [0, 0.1) is 6.92 Å². The summed E-state index contributed by atoms with van der Waals surface area (Å²) in [5.41, 5.74) is 2.67. The fraction of sp³-hybridized carbons (Fsp3) is 0.333. The molecule has 1 saturated heterocycles. The number of likely N-dealkylation sites (tertiary alicyclic amines) is 1. The van der Waals surface area contributed by atoms with Crippen molar-refractivity contribution in [1.82, 2.24) is 9.88 Å². The van der Waals surface area contributed by atoms with Gasteiger partial charge in [0, 0.05) is 43.3 Å². The molecule has 0 radical (unpaired) electrons. The number of nitrogens with zero attached hydrogens (tertiary/aromatic N) is 3. The van der Waals surface area contributed by atoms with E-state index in [1.807, 2.05) is 67.2 Å². The van der Waals surface area contributed by atoms with E-state index in [0.717, 1.165) is 22.7 Å². The summed E-state index contributed by atoms with van der Waals surface area (Å²) < 4.78 is 5.87. The fourth-order valence-corrected chi connectivity index (χ4v) is 2.56. The molecule has 0 unspecified atom stereocenters. The summed E-state index contributed by atoms with van der Waals surface area (Å²) in [6, 6.07) is 11.4. The van der Waals surface area contributed by atoms with Crippen LogP contribution in [0.3, 0.4) is 0 Å². The van der Waals surface area contributed by atoms with Crippen LogP contribution < -0.4 is 9.64 Å². The molecule has 1 aliphatic heterocycles. The lowest BCUT2D eigenvalue weighted by atomic mass is 10.1. The molecule has 0 N–H and O–H groups in total. The Hall–Kier alpha value is -2.56. The molecule has 3 rings (SSSR count). The lowest BCUT2D eigenvalue weighted by molar-refractivity contribution is 0.0177. The second kappa shape index (κ2) is 6.28. The van der Waals surface area contributed by atoms with Gasteiger partial charge >= 0.3 is 0 Å². The molecular formula is C18H21N3O2. The summed E-state index contributed by atoms with van der Waals surface area (Å²) in [5, 5.41) is 0.